The molecule has 1 aliphatic heterocycles. The molecule has 0 aromatic heterocycles. The molecule has 6 heteroatoms. The van der Waals surface area contributed by atoms with Crippen LogP contribution in [-0.2, 0) is 6.42 Å². The van der Waals surface area contributed by atoms with Crippen LogP contribution in [0.25, 0.3) is 0 Å². The monoisotopic (exact) mass is 442 g/mol. The summed E-state index contributed by atoms with van der Waals surface area (Å²) in [6, 6.07) is 8.00. The highest BCUT2D eigenvalue weighted by Crippen LogP contribution is 2.42. The second-order valence-electron chi connectivity index (χ2n) is 7.75. The first kappa shape index (κ1) is 25.1. The van der Waals surface area contributed by atoms with E-state index in [1.165, 1.54) is 17.7 Å². The zero-order valence-corrected chi connectivity index (χ0v) is 19.4. The minimum absolute atomic E-state index is 0.0764. The average molecular weight is 443 g/mol. The molecule has 2 N–H and O–H groups in total. The van der Waals surface area contributed by atoms with E-state index in [-0.39, 0.29) is 17.3 Å². The highest BCUT2D eigenvalue weighted by atomic mass is 16.5. The summed E-state index contributed by atoms with van der Waals surface area (Å²) in [5, 5.41) is 17.3. The topological polar surface area (TPSA) is 85.2 Å². The van der Waals surface area contributed by atoms with E-state index in [9.17, 15) is 4.79 Å². The summed E-state index contributed by atoms with van der Waals surface area (Å²) in [5.74, 6) is 1.92. The van der Waals surface area contributed by atoms with Crippen molar-refractivity contribution < 1.29 is 29.2 Å². The number of phenolic OH excluding ortho intramolecular Hbond substituents is 2. The molecule has 0 saturated heterocycles. The molecule has 3 rings (SSSR count). The van der Waals surface area contributed by atoms with Crippen molar-refractivity contribution in [1.82, 2.24) is 0 Å². The first-order valence-electron chi connectivity index (χ1n) is 11.1. The molecule has 0 saturated carbocycles. The predicted molar refractivity (Wildman–Crippen MR) is 125 cm³/mol. The lowest BCUT2D eigenvalue weighted by Crippen LogP contribution is -2.18. The van der Waals surface area contributed by atoms with Gasteiger partial charge in [0.15, 0.2) is 17.3 Å². The largest absolute Gasteiger partial charge is 0.504 e. The third-order valence-corrected chi connectivity index (χ3v) is 4.68. The van der Waals surface area contributed by atoms with Crippen LogP contribution >= 0.6 is 0 Å². The minimum Gasteiger partial charge on any atom is -0.504 e. The van der Waals surface area contributed by atoms with Crippen molar-refractivity contribution in [2.45, 2.75) is 53.4 Å². The molecule has 0 unspecified atom stereocenters. The van der Waals surface area contributed by atoms with Gasteiger partial charge in [0.1, 0.15) is 22.8 Å². The van der Waals surface area contributed by atoms with Gasteiger partial charge in [0.05, 0.1) is 19.8 Å². The number of rotatable bonds is 8. The van der Waals surface area contributed by atoms with Crippen LogP contribution in [0, 0.1) is 0 Å². The first-order chi connectivity index (χ1) is 15.4. The smallest absolute Gasteiger partial charge is 0.173 e. The van der Waals surface area contributed by atoms with Gasteiger partial charge in [0.2, 0.25) is 0 Å². The van der Waals surface area contributed by atoms with Crippen LogP contribution < -0.4 is 14.2 Å². The number of phenols is 2. The predicted octanol–water partition coefficient (Wildman–Crippen LogP) is 5.84. The fourth-order valence-electron chi connectivity index (χ4n) is 3.08. The number of aromatic hydroxyl groups is 2. The molecule has 2 aromatic carbocycles. The standard InChI is InChI=1S/C20H28O4.C6H6O2/c1-5-10-22-17-13-18-19(16(21)9-12-23-18)20(24-11-6-2)15(17)8-7-14(3)4;7-5-3-1-2-4-6(5)8/h7,13H,5-6,8-12H2,1-4H3;1-4,7-8H. The molecule has 6 nitrogen and oxygen atoms in total. The van der Waals surface area contributed by atoms with Crippen LogP contribution in [0.1, 0.15) is 62.9 Å². The molecule has 2 aromatic rings. The highest BCUT2D eigenvalue weighted by Gasteiger charge is 2.28. The van der Waals surface area contributed by atoms with E-state index in [0.717, 1.165) is 24.2 Å². The Morgan fingerprint density at radius 3 is 2.25 bits per heavy atom. The molecule has 1 aliphatic rings. The lowest BCUT2D eigenvalue weighted by molar-refractivity contribution is 0.0927. The summed E-state index contributed by atoms with van der Waals surface area (Å²) >= 11 is 0. The van der Waals surface area contributed by atoms with Crippen molar-refractivity contribution in [2.24, 2.45) is 0 Å². The molecule has 0 atom stereocenters. The Kier molecular flexibility index (Phi) is 9.92. The van der Waals surface area contributed by atoms with Crippen LogP contribution in [-0.4, -0.2) is 35.8 Å². The van der Waals surface area contributed by atoms with Crippen LogP contribution in [0.3, 0.4) is 0 Å². The van der Waals surface area contributed by atoms with Gasteiger partial charge in [-0.2, -0.15) is 0 Å². The summed E-state index contributed by atoms with van der Waals surface area (Å²) in [6.45, 7) is 9.86. The number of hydrogen-bond acceptors (Lipinski definition) is 6. The van der Waals surface area contributed by atoms with Crippen molar-refractivity contribution >= 4 is 5.78 Å². The van der Waals surface area contributed by atoms with Crippen molar-refractivity contribution in [3.05, 3.63) is 53.1 Å². The second kappa shape index (κ2) is 12.6. The van der Waals surface area contributed by atoms with Crippen molar-refractivity contribution in [2.75, 3.05) is 19.8 Å². The average Bonchev–Trinajstić information content (AvgIpc) is 2.77. The van der Waals surface area contributed by atoms with E-state index >= 15 is 0 Å². The van der Waals surface area contributed by atoms with E-state index in [1.54, 1.807) is 12.1 Å². The molecular formula is C26H34O6. The molecule has 0 spiro atoms. The Balaban J connectivity index is 0.000000380. The molecular weight excluding hydrogens is 408 g/mol. The number of para-hydroxylation sites is 2. The van der Waals surface area contributed by atoms with Gasteiger partial charge in [-0.1, -0.05) is 37.6 Å². The maximum Gasteiger partial charge on any atom is 0.173 e. The fourth-order valence-corrected chi connectivity index (χ4v) is 3.08. The summed E-state index contributed by atoms with van der Waals surface area (Å²) in [5.41, 5.74) is 2.74. The van der Waals surface area contributed by atoms with Gasteiger partial charge in [0.25, 0.3) is 0 Å². The Hall–Kier alpha value is -3.15. The first-order valence-corrected chi connectivity index (χ1v) is 11.1. The molecule has 0 aliphatic carbocycles. The Morgan fingerprint density at radius 2 is 1.69 bits per heavy atom. The van der Waals surface area contributed by atoms with Gasteiger partial charge in [-0.15, -0.1) is 0 Å². The second-order valence-corrected chi connectivity index (χ2v) is 7.75. The summed E-state index contributed by atoms with van der Waals surface area (Å²) in [4.78, 5) is 12.5. The normalized spacial score (nSPS) is 12.1. The van der Waals surface area contributed by atoms with Crippen LogP contribution in [0.5, 0.6) is 28.7 Å². The van der Waals surface area contributed by atoms with Crippen molar-refractivity contribution in [1.29, 1.82) is 0 Å². The van der Waals surface area contributed by atoms with Gasteiger partial charge in [-0.3, -0.25) is 4.79 Å². The fraction of sp³-hybridized carbons (Fsp3) is 0.423. The Labute approximate surface area is 190 Å². The minimum atomic E-state index is -0.0764. The number of allylic oxidation sites excluding steroid dienone is 2. The lowest BCUT2D eigenvalue weighted by atomic mass is 9.97. The number of hydrogen-bond donors (Lipinski definition) is 2. The number of carbonyl (C=O) groups excluding carboxylic acids is 1. The Morgan fingerprint density at radius 1 is 1.06 bits per heavy atom. The number of Topliss-reactive ketones (excluding diaryl/α,β-unsaturated/α-hetero) is 1. The number of ether oxygens (including phenoxy) is 3. The van der Waals surface area contributed by atoms with Crippen LogP contribution in [0.15, 0.2) is 42.0 Å². The number of fused-ring (bicyclic) bond motifs is 1. The summed E-state index contributed by atoms with van der Waals surface area (Å²) < 4.78 is 17.7. The van der Waals surface area contributed by atoms with Crippen LogP contribution in [0.2, 0.25) is 0 Å². The maximum atomic E-state index is 12.5. The molecule has 32 heavy (non-hydrogen) atoms. The molecule has 0 amide bonds. The summed E-state index contributed by atoms with van der Waals surface area (Å²) in [7, 11) is 0. The SMILES string of the molecule is CCCOc1cc2c(c(OCCC)c1CC=C(C)C)C(=O)CCO2.Oc1ccccc1O. The van der Waals surface area contributed by atoms with E-state index in [0.29, 0.717) is 49.7 Å². The highest BCUT2D eigenvalue weighted by molar-refractivity contribution is 6.03. The molecule has 0 radical (unpaired) electrons. The quantitative estimate of drug-likeness (QED) is 0.395. The van der Waals surface area contributed by atoms with E-state index < -0.39 is 0 Å². The zero-order valence-electron chi connectivity index (χ0n) is 19.4. The zero-order chi connectivity index (χ0) is 23.5. The maximum absolute atomic E-state index is 12.5. The number of benzene rings is 2. The van der Waals surface area contributed by atoms with E-state index in [2.05, 4.69) is 33.8 Å². The van der Waals surface area contributed by atoms with Gasteiger partial charge < -0.3 is 24.4 Å². The summed E-state index contributed by atoms with van der Waals surface area (Å²) in [6.07, 6.45) is 5.01. The van der Waals surface area contributed by atoms with Crippen molar-refractivity contribution in [3.8, 4) is 28.7 Å². The van der Waals surface area contributed by atoms with Gasteiger partial charge in [0, 0.05) is 18.1 Å². The molecule has 0 bridgehead atoms. The lowest BCUT2D eigenvalue weighted by Gasteiger charge is -2.24. The van der Waals surface area contributed by atoms with Gasteiger partial charge in [-0.05, 0) is 45.2 Å². The number of ketones is 1. The molecule has 1 heterocycles. The van der Waals surface area contributed by atoms with Crippen molar-refractivity contribution in [3.63, 3.8) is 0 Å². The number of carbonyl (C=O) groups is 1. The Bertz CT molecular complexity index is 907. The third kappa shape index (κ3) is 6.94. The van der Waals surface area contributed by atoms with E-state index in [4.69, 9.17) is 24.4 Å². The van der Waals surface area contributed by atoms with Gasteiger partial charge in [-0.25, -0.2) is 0 Å². The van der Waals surface area contributed by atoms with E-state index in [1.807, 2.05) is 6.07 Å². The third-order valence-electron chi connectivity index (χ3n) is 4.68. The molecule has 174 valence electrons. The van der Waals surface area contributed by atoms with Crippen LogP contribution in [0.4, 0.5) is 0 Å². The molecule has 0 fully saturated rings. The van der Waals surface area contributed by atoms with Gasteiger partial charge >= 0.3 is 0 Å².